The summed E-state index contributed by atoms with van der Waals surface area (Å²) in [4.78, 5) is 14.6. The topological polar surface area (TPSA) is 52.3 Å². The number of benzene rings is 2. The van der Waals surface area contributed by atoms with Crippen LogP contribution in [0.15, 0.2) is 73.1 Å². The second kappa shape index (κ2) is 7.80. The summed E-state index contributed by atoms with van der Waals surface area (Å²) in [5.74, 6) is 1.63. The Hall–Kier alpha value is -3.80. The molecule has 1 aliphatic rings. The van der Waals surface area contributed by atoms with E-state index in [1.807, 2.05) is 66.5 Å². The first kappa shape index (κ1) is 19.2. The highest BCUT2D eigenvalue weighted by atomic mass is 16.5. The third-order valence-electron chi connectivity index (χ3n) is 5.56. The average Bonchev–Trinajstić information content (AvgIpc) is 3.49. The average molecular weight is 412 g/mol. The molecule has 0 saturated heterocycles. The summed E-state index contributed by atoms with van der Waals surface area (Å²) >= 11 is 0. The van der Waals surface area contributed by atoms with Gasteiger partial charge in [0.1, 0.15) is 11.6 Å². The zero-order valence-corrected chi connectivity index (χ0v) is 17.7. The molecule has 2 aromatic carbocycles. The van der Waals surface area contributed by atoms with E-state index in [4.69, 9.17) is 9.84 Å². The van der Waals surface area contributed by atoms with Crippen LogP contribution in [-0.4, -0.2) is 31.8 Å². The van der Waals surface area contributed by atoms with Crippen LogP contribution in [0.3, 0.4) is 0 Å². The third kappa shape index (κ3) is 3.72. The molecule has 2 aromatic heterocycles. The first-order valence-electron chi connectivity index (χ1n) is 10.4. The summed E-state index contributed by atoms with van der Waals surface area (Å²) in [6.45, 7) is 5.12. The molecule has 0 spiro atoms. The maximum atomic E-state index is 12.8. The molecule has 0 N–H and O–H groups in total. The Morgan fingerprint density at radius 1 is 0.968 bits per heavy atom. The van der Waals surface area contributed by atoms with E-state index in [-0.39, 0.29) is 12.5 Å². The summed E-state index contributed by atoms with van der Waals surface area (Å²) in [6, 6.07) is 20.0. The zero-order valence-electron chi connectivity index (χ0n) is 17.7. The summed E-state index contributed by atoms with van der Waals surface area (Å²) in [7, 11) is 0. The van der Waals surface area contributed by atoms with Gasteiger partial charge >= 0.3 is 0 Å². The van der Waals surface area contributed by atoms with Crippen molar-refractivity contribution < 1.29 is 9.53 Å². The Bertz CT molecular complexity index is 1220. The fraction of sp³-hybridized carbons (Fsp3) is 0.200. The number of nitrogens with zero attached hydrogens (tertiary/aromatic N) is 4. The molecular formula is C25H24N4O2. The SMILES string of the molecule is Cc1ccc(OCC(=O)N2Cc3nn(-c4cccc(C)c4)c(-n4cccc4)c3C2)cc1. The lowest BCUT2D eigenvalue weighted by molar-refractivity contribution is -0.134. The molecule has 5 rings (SSSR count). The van der Waals surface area contributed by atoms with Crippen LogP contribution in [0.4, 0.5) is 0 Å². The lowest BCUT2D eigenvalue weighted by Gasteiger charge is -2.18. The minimum absolute atomic E-state index is 0.0179. The van der Waals surface area contributed by atoms with Crippen molar-refractivity contribution in [2.24, 2.45) is 0 Å². The smallest absolute Gasteiger partial charge is 0.261 e. The van der Waals surface area contributed by atoms with Crippen molar-refractivity contribution in [3.63, 3.8) is 0 Å². The highest BCUT2D eigenvalue weighted by molar-refractivity contribution is 5.78. The quantitative estimate of drug-likeness (QED) is 0.494. The van der Waals surface area contributed by atoms with Crippen molar-refractivity contribution in [1.29, 1.82) is 0 Å². The van der Waals surface area contributed by atoms with Crippen LogP contribution < -0.4 is 4.74 Å². The number of rotatable bonds is 5. The van der Waals surface area contributed by atoms with E-state index in [1.165, 1.54) is 5.56 Å². The fourth-order valence-electron chi connectivity index (χ4n) is 3.93. The summed E-state index contributed by atoms with van der Waals surface area (Å²) < 4.78 is 9.73. The Kier molecular flexibility index (Phi) is 4.82. The van der Waals surface area contributed by atoms with Gasteiger partial charge in [0.25, 0.3) is 5.91 Å². The first-order chi connectivity index (χ1) is 15.1. The third-order valence-corrected chi connectivity index (χ3v) is 5.56. The Labute approximate surface area is 181 Å². The van der Waals surface area contributed by atoms with E-state index >= 15 is 0 Å². The molecule has 31 heavy (non-hydrogen) atoms. The normalized spacial score (nSPS) is 12.8. The summed E-state index contributed by atoms with van der Waals surface area (Å²) in [6.07, 6.45) is 4.02. The molecule has 0 radical (unpaired) electrons. The van der Waals surface area contributed by atoms with E-state index < -0.39 is 0 Å². The minimum atomic E-state index is -0.0425. The monoisotopic (exact) mass is 412 g/mol. The van der Waals surface area contributed by atoms with Gasteiger partial charge in [0.15, 0.2) is 6.61 Å². The highest BCUT2D eigenvalue weighted by Gasteiger charge is 2.31. The molecule has 4 aromatic rings. The molecule has 0 unspecified atom stereocenters. The number of carbonyl (C=O) groups excluding carboxylic acids is 1. The second-order valence-corrected chi connectivity index (χ2v) is 7.94. The van der Waals surface area contributed by atoms with Crippen LogP contribution in [0, 0.1) is 13.8 Å². The van der Waals surface area contributed by atoms with Gasteiger partial charge < -0.3 is 14.2 Å². The van der Waals surface area contributed by atoms with Gasteiger partial charge in [0, 0.05) is 18.0 Å². The number of aryl methyl sites for hydroxylation is 2. The molecule has 156 valence electrons. The van der Waals surface area contributed by atoms with Gasteiger partial charge in [-0.05, 0) is 55.8 Å². The van der Waals surface area contributed by atoms with Crippen LogP contribution in [0.5, 0.6) is 5.75 Å². The lowest BCUT2D eigenvalue weighted by Crippen LogP contribution is -2.31. The molecule has 0 bridgehead atoms. The van der Waals surface area contributed by atoms with Gasteiger partial charge in [0.05, 0.1) is 24.5 Å². The molecule has 0 atom stereocenters. The molecular weight excluding hydrogens is 388 g/mol. The van der Waals surface area contributed by atoms with Crippen molar-refractivity contribution in [2.75, 3.05) is 6.61 Å². The molecule has 3 heterocycles. The van der Waals surface area contributed by atoms with Crippen LogP contribution in [0.2, 0.25) is 0 Å². The van der Waals surface area contributed by atoms with Gasteiger partial charge in [-0.25, -0.2) is 4.68 Å². The standard InChI is InChI=1S/C25H24N4O2/c1-18-8-10-21(11-9-18)31-17-24(30)28-15-22-23(16-28)26-29(20-7-5-6-19(2)14-20)25(22)27-12-3-4-13-27/h3-14H,15-17H2,1-2H3. The van der Waals surface area contributed by atoms with Crippen molar-refractivity contribution in [2.45, 2.75) is 26.9 Å². The Balaban J connectivity index is 1.39. The van der Waals surface area contributed by atoms with Crippen LogP contribution in [0.25, 0.3) is 11.5 Å². The Morgan fingerprint density at radius 2 is 1.74 bits per heavy atom. The van der Waals surface area contributed by atoms with Crippen LogP contribution in [-0.2, 0) is 17.9 Å². The number of fused-ring (bicyclic) bond motifs is 1. The van der Waals surface area contributed by atoms with Gasteiger partial charge in [-0.3, -0.25) is 4.79 Å². The fourth-order valence-corrected chi connectivity index (χ4v) is 3.93. The van der Waals surface area contributed by atoms with Gasteiger partial charge in [-0.2, -0.15) is 5.10 Å². The molecule has 0 fully saturated rings. The molecule has 6 nitrogen and oxygen atoms in total. The predicted octanol–water partition coefficient (Wildman–Crippen LogP) is 4.20. The van der Waals surface area contributed by atoms with Crippen molar-refractivity contribution in [1.82, 2.24) is 19.2 Å². The highest BCUT2D eigenvalue weighted by Crippen LogP contribution is 2.30. The van der Waals surface area contributed by atoms with Crippen molar-refractivity contribution in [3.05, 3.63) is 95.4 Å². The number of aromatic nitrogens is 3. The maximum Gasteiger partial charge on any atom is 0.261 e. The largest absolute Gasteiger partial charge is 0.484 e. The van der Waals surface area contributed by atoms with Gasteiger partial charge in [-0.1, -0.05) is 29.8 Å². The molecule has 0 saturated carbocycles. The Morgan fingerprint density at radius 3 is 2.48 bits per heavy atom. The number of amides is 1. The van der Waals surface area contributed by atoms with E-state index in [0.29, 0.717) is 18.8 Å². The number of carbonyl (C=O) groups is 1. The summed E-state index contributed by atoms with van der Waals surface area (Å²) in [5, 5.41) is 4.88. The van der Waals surface area contributed by atoms with E-state index in [0.717, 1.165) is 28.3 Å². The van der Waals surface area contributed by atoms with E-state index in [1.54, 1.807) is 4.90 Å². The minimum Gasteiger partial charge on any atom is -0.484 e. The predicted molar refractivity (Wildman–Crippen MR) is 119 cm³/mol. The van der Waals surface area contributed by atoms with E-state index in [9.17, 15) is 4.79 Å². The van der Waals surface area contributed by atoms with Crippen molar-refractivity contribution in [3.8, 4) is 17.3 Å². The van der Waals surface area contributed by atoms with Gasteiger partial charge in [0.2, 0.25) is 0 Å². The maximum absolute atomic E-state index is 12.8. The van der Waals surface area contributed by atoms with Gasteiger partial charge in [-0.15, -0.1) is 0 Å². The lowest BCUT2D eigenvalue weighted by atomic mass is 10.2. The molecule has 0 aliphatic carbocycles. The molecule has 6 heteroatoms. The van der Waals surface area contributed by atoms with E-state index in [2.05, 4.69) is 29.7 Å². The van der Waals surface area contributed by atoms with Crippen LogP contribution >= 0.6 is 0 Å². The molecule has 1 amide bonds. The number of ether oxygens (including phenoxy) is 1. The first-order valence-corrected chi connectivity index (χ1v) is 10.4. The van der Waals surface area contributed by atoms with Crippen molar-refractivity contribution >= 4 is 5.91 Å². The number of hydrogen-bond acceptors (Lipinski definition) is 3. The van der Waals surface area contributed by atoms with Crippen LogP contribution in [0.1, 0.15) is 22.4 Å². The zero-order chi connectivity index (χ0) is 21.4. The second-order valence-electron chi connectivity index (χ2n) is 7.94. The summed E-state index contributed by atoms with van der Waals surface area (Å²) in [5.41, 5.74) is 5.34. The number of hydrogen-bond donors (Lipinski definition) is 0. The molecule has 1 aliphatic heterocycles.